The lowest BCUT2D eigenvalue weighted by molar-refractivity contribution is -0.0422. The fraction of sp³-hybridized carbons (Fsp3) is 1.00. The van der Waals surface area contributed by atoms with E-state index in [1.165, 1.54) is 90.9 Å². The normalized spacial score (nSPS) is 26.9. The second-order valence-corrected chi connectivity index (χ2v) is 8.34. The average Bonchev–Trinajstić information content (AvgIpc) is 2.47. The van der Waals surface area contributed by atoms with Gasteiger partial charge in [-0.25, -0.2) is 0 Å². The van der Waals surface area contributed by atoms with Crippen molar-refractivity contribution in [2.75, 3.05) is 52.4 Å². The van der Waals surface area contributed by atoms with Gasteiger partial charge in [-0.05, 0) is 63.6 Å². The molecule has 2 saturated heterocycles. The molecule has 1 saturated carbocycles. The standard InChI is InChI=1S/C19H37N3/c1-3-19(14-21(4-2)12-17-6-5-7-17)15-22(16-19)13-18-8-10-20-11-9-18/h17-18,20H,3-16H2,1-2H3. The molecule has 2 aliphatic heterocycles. The lowest BCUT2D eigenvalue weighted by Crippen LogP contribution is -2.61. The summed E-state index contributed by atoms with van der Waals surface area (Å²) in [4.78, 5) is 5.51. The van der Waals surface area contributed by atoms with Gasteiger partial charge in [0.2, 0.25) is 0 Å². The van der Waals surface area contributed by atoms with Gasteiger partial charge in [0.25, 0.3) is 0 Å². The van der Waals surface area contributed by atoms with E-state index in [1.54, 1.807) is 0 Å². The third-order valence-electron chi connectivity index (χ3n) is 6.59. The van der Waals surface area contributed by atoms with Gasteiger partial charge in [0, 0.05) is 38.1 Å². The van der Waals surface area contributed by atoms with Crippen LogP contribution in [0.5, 0.6) is 0 Å². The Bertz CT molecular complexity index is 328. The van der Waals surface area contributed by atoms with Gasteiger partial charge in [-0.1, -0.05) is 20.3 Å². The summed E-state index contributed by atoms with van der Waals surface area (Å²) in [6, 6.07) is 0. The molecule has 0 atom stereocenters. The molecule has 3 heteroatoms. The number of hydrogen-bond acceptors (Lipinski definition) is 3. The molecular weight excluding hydrogens is 270 g/mol. The zero-order valence-electron chi connectivity index (χ0n) is 14.9. The summed E-state index contributed by atoms with van der Waals surface area (Å²) < 4.78 is 0. The first-order valence-corrected chi connectivity index (χ1v) is 9.88. The van der Waals surface area contributed by atoms with Crippen molar-refractivity contribution in [2.45, 2.75) is 52.4 Å². The minimum atomic E-state index is 0.604. The van der Waals surface area contributed by atoms with Crippen molar-refractivity contribution in [1.82, 2.24) is 15.1 Å². The van der Waals surface area contributed by atoms with Gasteiger partial charge in [-0.2, -0.15) is 0 Å². The van der Waals surface area contributed by atoms with Crippen LogP contribution < -0.4 is 5.32 Å². The molecule has 0 amide bonds. The first-order chi connectivity index (χ1) is 10.7. The van der Waals surface area contributed by atoms with Crippen LogP contribution in [0, 0.1) is 17.3 Å². The highest BCUT2D eigenvalue weighted by Crippen LogP contribution is 2.37. The highest BCUT2D eigenvalue weighted by atomic mass is 15.2. The quantitative estimate of drug-likeness (QED) is 0.744. The van der Waals surface area contributed by atoms with Crippen LogP contribution in [0.4, 0.5) is 0 Å². The number of piperidine rings is 1. The first-order valence-electron chi connectivity index (χ1n) is 9.88. The summed E-state index contributed by atoms with van der Waals surface area (Å²) >= 11 is 0. The summed E-state index contributed by atoms with van der Waals surface area (Å²) in [5.74, 6) is 1.97. The number of nitrogens with one attached hydrogen (secondary N) is 1. The van der Waals surface area contributed by atoms with Crippen LogP contribution in [0.2, 0.25) is 0 Å². The minimum absolute atomic E-state index is 0.604. The smallest absolute Gasteiger partial charge is 0.00822 e. The van der Waals surface area contributed by atoms with Crippen molar-refractivity contribution < 1.29 is 0 Å². The van der Waals surface area contributed by atoms with Crippen molar-refractivity contribution in [3.05, 3.63) is 0 Å². The van der Waals surface area contributed by atoms with Crippen molar-refractivity contribution in [3.63, 3.8) is 0 Å². The summed E-state index contributed by atoms with van der Waals surface area (Å²) in [5, 5.41) is 3.49. The maximum atomic E-state index is 3.49. The molecule has 0 unspecified atom stereocenters. The van der Waals surface area contributed by atoms with E-state index in [0.29, 0.717) is 5.41 Å². The summed E-state index contributed by atoms with van der Waals surface area (Å²) in [5.41, 5.74) is 0.604. The molecule has 0 aromatic heterocycles. The molecule has 3 rings (SSSR count). The van der Waals surface area contributed by atoms with E-state index in [0.717, 1.165) is 11.8 Å². The highest BCUT2D eigenvalue weighted by Gasteiger charge is 2.43. The van der Waals surface area contributed by atoms with Crippen molar-refractivity contribution in [1.29, 1.82) is 0 Å². The largest absolute Gasteiger partial charge is 0.317 e. The van der Waals surface area contributed by atoms with Gasteiger partial charge in [-0.3, -0.25) is 0 Å². The molecule has 0 bridgehead atoms. The Morgan fingerprint density at radius 1 is 1.05 bits per heavy atom. The maximum Gasteiger partial charge on any atom is 0.00822 e. The Labute approximate surface area is 137 Å². The van der Waals surface area contributed by atoms with Crippen LogP contribution >= 0.6 is 0 Å². The molecular formula is C19H37N3. The van der Waals surface area contributed by atoms with Crippen LogP contribution in [0.1, 0.15) is 52.4 Å². The molecule has 128 valence electrons. The van der Waals surface area contributed by atoms with Crippen LogP contribution in [0.15, 0.2) is 0 Å². The van der Waals surface area contributed by atoms with Gasteiger partial charge >= 0.3 is 0 Å². The van der Waals surface area contributed by atoms with E-state index in [1.807, 2.05) is 0 Å². The molecule has 0 spiro atoms. The van der Waals surface area contributed by atoms with Gasteiger partial charge in [0.15, 0.2) is 0 Å². The monoisotopic (exact) mass is 307 g/mol. The minimum Gasteiger partial charge on any atom is -0.317 e. The SMILES string of the molecule is CCN(CC1CCC1)CC1(CC)CN(CC2CCNCC2)C1. The van der Waals surface area contributed by atoms with Crippen LogP contribution in [-0.4, -0.2) is 62.2 Å². The van der Waals surface area contributed by atoms with E-state index in [9.17, 15) is 0 Å². The number of nitrogens with zero attached hydrogens (tertiary/aromatic N) is 2. The zero-order chi connectivity index (χ0) is 15.4. The van der Waals surface area contributed by atoms with E-state index >= 15 is 0 Å². The fourth-order valence-corrected chi connectivity index (χ4v) is 4.72. The molecule has 2 heterocycles. The fourth-order valence-electron chi connectivity index (χ4n) is 4.72. The molecule has 3 aliphatic rings. The highest BCUT2D eigenvalue weighted by molar-refractivity contribution is 4.97. The van der Waals surface area contributed by atoms with Crippen molar-refractivity contribution in [2.24, 2.45) is 17.3 Å². The Morgan fingerprint density at radius 2 is 1.77 bits per heavy atom. The predicted octanol–water partition coefficient (Wildman–Crippen LogP) is 2.82. The Kier molecular flexibility index (Phi) is 5.80. The number of rotatable bonds is 8. The first kappa shape index (κ1) is 16.7. The van der Waals surface area contributed by atoms with Gasteiger partial charge in [-0.15, -0.1) is 0 Å². The molecule has 1 N–H and O–H groups in total. The number of likely N-dealkylation sites (tertiary alicyclic amines) is 1. The predicted molar refractivity (Wildman–Crippen MR) is 94.2 cm³/mol. The summed E-state index contributed by atoms with van der Waals surface area (Å²) in [6.07, 6.45) is 8.58. The van der Waals surface area contributed by atoms with E-state index in [4.69, 9.17) is 0 Å². The van der Waals surface area contributed by atoms with Crippen LogP contribution in [0.3, 0.4) is 0 Å². The van der Waals surface area contributed by atoms with Crippen LogP contribution in [0.25, 0.3) is 0 Å². The van der Waals surface area contributed by atoms with E-state index in [-0.39, 0.29) is 0 Å². The Balaban J connectivity index is 1.42. The molecule has 3 fully saturated rings. The van der Waals surface area contributed by atoms with E-state index < -0.39 is 0 Å². The van der Waals surface area contributed by atoms with Crippen molar-refractivity contribution >= 4 is 0 Å². The topological polar surface area (TPSA) is 18.5 Å². The zero-order valence-corrected chi connectivity index (χ0v) is 14.9. The third-order valence-corrected chi connectivity index (χ3v) is 6.59. The molecule has 3 nitrogen and oxygen atoms in total. The molecule has 0 aromatic carbocycles. The Morgan fingerprint density at radius 3 is 2.32 bits per heavy atom. The average molecular weight is 308 g/mol. The lowest BCUT2D eigenvalue weighted by Gasteiger charge is -2.53. The van der Waals surface area contributed by atoms with E-state index in [2.05, 4.69) is 29.0 Å². The molecule has 0 radical (unpaired) electrons. The Hall–Kier alpha value is -0.120. The summed E-state index contributed by atoms with van der Waals surface area (Å²) in [6.45, 7) is 15.3. The van der Waals surface area contributed by atoms with Gasteiger partial charge < -0.3 is 15.1 Å². The molecule has 0 aromatic rings. The number of hydrogen-bond donors (Lipinski definition) is 1. The maximum absolute atomic E-state index is 3.49. The second kappa shape index (κ2) is 7.63. The third kappa shape index (κ3) is 4.04. The summed E-state index contributed by atoms with van der Waals surface area (Å²) in [7, 11) is 0. The van der Waals surface area contributed by atoms with Gasteiger partial charge in [0.1, 0.15) is 0 Å². The molecule has 22 heavy (non-hydrogen) atoms. The van der Waals surface area contributed by atoms with Crippen LogP contribution in [-0.2, 0) is 0 Å². The lowest BCUT2D eigenvalue weighted by atomic mass is 9.75. The molecule has 1 aliphatic carbocycles. The van der Waals surface area contributed by atoms with Crippen molar-refractivity contribution in [3.8, 4) is 0 Å². The van der Waals surface area contributed by atoms with Gasteiger partial charge in [0.05, 0.1) is 0 Å². The second-order valence-electron chi connectivity index (χ2n) is 8.34.